The number of aliphatic hydroxyl groups is 1. The fourth-order valence-corrected chi connectivity index (χ4v) is 4.72. The molecule has 0 aliphatic heterocycles. The number of H-pyrrole nitrogens is 2. The van der Waals surface area contributed by atoms with Crippen molar-refractivity contribution in [3.05, 3.63) is 58.2 Å². The first-order chi connectivity index (χ1) is 15.8. The summed E-state index contributed by atoms with van der Waals surface area (Å²) in [6.07, 6.45) is 2.70. The quantitative estimate of drug-likeness (QED) is 0.360. The lowest BCUT2D eigenvalue weighted by Crippen LogP contribution is -2.40. The van der Waals surface area contributed by atoms with Gasteiger partial charge in [-0.2, -0.15) is 0 Å². The molecule has 1 aliphatic rings. The fraction of sp³-hybridized carbons (Fsp3) is 0.400. The molecule has 1 aliphatic carbocycles. The molecule has 0 saturated carbocycles. The summed E-state index contributed by atoms with van der Waals surface area (Å²) in [5, 5.41) is 24.4. The van der Waals surface area contributed by atoms with Gasteiger partial charge in [0, 0.05) is 35.3 Å². The van der Waals surface area contributed by atoms with Crippen LogP contribution in [0, 0.1) is 12.7 Å². The van der Waals surface area contributed by atoms with E-state index in [2.05, 4.69) is 20.2 Å². The highest BCUT2D eigenvalue weighted by atomic mass is 19.1. The molecular weight excluding hydrogens is 423 g/mol. The summed E-state index contributed by atoms with van der Waals surface area (Å²) in [4.78, 5) is 21.4. The van der Waals surface area contributed by atoms with Crippen molar-refractivity contribution in [3.8, 4) is 5.88 Å². The maximum atomic E-state index is 13.9. The fourth-order valence-electron chi connectivity index (χ4n) is 4.72. The highest BCUT2D eigenvalue weighted by Gasteiger charge is 2.28. The van der Waals surface area contributed by atoms with Crippen LogP contribution in [0.3, 0.4) is 0 Å². The molecule has 2 heterocycles. The van der Waals surface area contributed by atoms with Crippen LogP contribution in [-0.4, -0.2) is 63.3 Å². The molecule has 1 aromatic carbocycles. The average molecular weight is 455 g/mol. The van der Waals surface area contributed by atoms with E-state index in [1.807, 2.05) is 26.8 Å². The van der Waals surface area contributed by atoms with Gasteiger partial charge in [0.15, 0.2) is 5.88 Å². The number of aromatic amines is 2. The van der Waals surface area contributed by atoms with E-state index >= 15 is 0 Å². The second kappa shape index (κ2) is 9.41. The lowest BCUT2D eigenvalue weighted by molar-refractivity contribution is 0.0868. The average Bonchev–Trinajstić information content (AvgIpc) is 3.30. The predicted octanol–water partition coefficient (Wildman–Crippen LogP) is 3.46. The molecule has 1 unspecified atom stereocenters. The number of aliphatic hydroxyl groups excluding tert-OH is 1. The standard InChI is InChI=1S/C25H31FN4O3/c1-4-30(5-2)13-16(31)12-27-24(32)21-14(3)28-23-17(21)7-6-8-18(23)22-19-11-15(26)9-10-20(19)29-25(22)33/h8-11,16,28-29,31,33H,4-7,12-13H2,1-3H3,(H,27,32). The van der Waals surface area contributed by atoms with Crippen LogP contribution >= 0.6 is 0 Å². The summed E-state index contributed by atoms with van der Waals surface area (Å²) in [5.74, 6) is -0.656. The molecule has 1 atom stereocenters. The van der Waals surface area contributed by atoms with Crippen molar-refractivity contribution in [1.82, 2.24) is 20.2 Å². The number of carbonyl (C=O) groups excluding carboxylic acids is 1. The monoisotopic (exact) mass is 454 g/mol. The summed E-state index contributed by atoms with van der Waals surface area (Å²) in [5.41, 5.74) is 4.81. The number of nitrogens with zero attached hydrogens (tertiary/aromatic N) is 1. The van der Waals surface area contributed by atoms with Crippen molar-refractivity contribution in [1.29, 1.82) is 0 Å². The smallest absolute Gasteiger partial charge is 0.253 e. The van der Waals surface area contributed by atoms with Gasteiger partial charge in [-0.05, 0) is 56.6 Å². The number of aryl methyl sites for hydroxylation is 1. The van der Waals surface area contributed by atoms with E-state index in [1.54, 1.807) is 6.07 Å². The Balaban J connectivity index is 1.61. The Kier molecular flexibility index (Phi) is 6.58. The van der Waals surface area contributed by atoms with Crippen molar-refractivity contribution < 1.29 is 19.4 Å². The van der Waals surface area contributed by atoms with Crippen molar-refractivity contribution in [3.63, 3.8) is 0 Å². The number of aromatic nitrogens is 2. The van der Waals surface area contributed by atoms with Crippen LogP contribution < -0.4 is 5.32 Å². The first-order valence-electron chi connectivity index (χ1n) is 11.4. The molecule has 33 heavy (non-hydrogen) atoms. The molecule has 0 saturated heterocycles. The zero-order chi connectivity index (χ0) is 23.7. The number of halogens is 1. The molecule has 0 radical (unpaired) electrons. The minimum Gasteiger partial charge on any atom is -0.494 e. The maximum absolute atomic E-state index is 13.9. The van der Waals surface area contributed by atoms with Crippen LogP contribution in [0.1, 0.15) is 53.1 Å². The molecule has 8 heteroatoms. The first kappa shape index (κ1) is 23.1. The van der Waals surface area contributed by atoms with Gasteiger partial charge < -0.3 is 30.4 Å². The number of allylic oxidation sites excluding steroid dienone is 1. The third kappa shape index (κ3) is 4.41. The van der Waals surface area contributed by atoms with E-state index in [0.29, 0.717) is 47.1 Å². The van der Waals surface area contributed by atoms with E-state index in [9.17, 15) is 19.4 Å². The molecule has 0 spiro atoms. The van der Waals surface area contributed by atoms with E-state index in [4.69, 9.17) is 0 Å². The minimum absolute atomic E-state index is 0.0347. The van der Waals surface area contributed by atoms with E-state index in [0.717, 1.165) is 29.9 Å². The van der Waals surface area contributed by atoms with Gasteiger partial charge in [-0.15, -0.1) is 0 Å². The first-order valence-corrected chi connectivity index (χ1v) is 11.4. The third-order valence-corrected chi connectivity index (χ3v) is 6.40. The Bertz CT molecular complexity index is 1210. The molecule has 176 valence electrons. The zero-order valence-electron chi connectivity index (χ0n) is 19.3. The van der Waals surface area contributed by atoms with E-state index in [-0.39, 0.29) is 24.1 Å². The van der Waals surface area contributed by atoms with Gasteiger partial charge in [-0.3, -0.25) is 4.79 Å². The van der Waals surface area contributed by atoms with Crippen molar-refractivity contribution in [2.45, 2.75) is 39.7 Å². The highest BCUT2D eigenvalue weighted by Crippen LogP contribution is 2.41. The van der Waals surface area contributed by atoms with Gasteiger partial charge in [-0.1, -0.05) is 19.9 Å². The van der Waals surface area contributed by atoms with Crippen LogP contribution in [0.4, 0.5) is 4.39 Å². The van der Waals surface area contributed by atoms with Crippen LogP contribution in [0.5, 0.6) is 5.88 Å². The molecule has 2 aromatic heterocycles. The van der Waals surface area contributed by atoms with Crippen LogP contribution in [0.2, 0.25) is 0 Å². The summed E-state index contributed by atoms with van der Waals surface area (Å²) >= 11 is 0. The number of fused-ring (bicyclic) bond motifs is 2. The Morgan fingerprint density at radius 1 is 1.27 bits per heavy atom. The molecule has 0 fully saturated rings. The summed E-state index contributed by atoms with van der Waals surface area (Å²) in [6, 6.07) is 4.34. The van der Waals surface area contributed by atoms with Gasteiger partial charge in [0.2, 0.25) is 0 Å². The van der Waals surface area contributed by atoms with Crippen molar-refractivity contribution in [2.75, 3.05) is 26.2 Å². The normalized spacial score (nSPS) is 14.4. The summed E-state index contributed by atoms with van der Waals surface area (Å²) in [7, 11) is 0. The van der Waals surface area contributed by atoms with Crippen molar-refractivity contribution in [2.24, 2.45) is 0 Å². The molecule has 1 amide bonds. The number of aromatic hydroxyl groups is 1. The van der Waals surface area contributed by atoms with Crippen LogP contribution in [-0.2, 0) is 6.42 Å². The van der Waals surface area contributed by atoms with Gasteiger partial charge in [-0.25, -0.2) is 4.39 Å². The molecule has 7 nitrogen and oxygen atoms in total. The molecular formula is C25H31FN4O3. The summed E-state index contributed by atoms with van der Waals surface area (Å²) in [6.45, 7) is 8.26. The lowest BCUT2D eigenvalue weighted by atomic mass is 9.89. The number of carbonyl (C=O) groups is 1. The largest absolute Gasteiger partial charge is 0.494 e. The molecule has 0 bridgehead atoms. The van der Waals surface area contributed by atoms with Gasteiger partial charge in [0.25, 0.3) is 5.91 Å². The Hall–Kier alpha value is -3.10. The number of hydrogen-bond acceptors (Lipinski definition) is 4. The van der Waals surface area contributed by atoms with Gasteiger partial charge in [0.1, 0.15) is 5.82 Å². The molecule has 4 rings (SSSR count). The van der Waals surface area contributed by atoms with Crippen LogP contribution in [0.15, 0.2) is 24.3 Å². The number of rotatable bonds is 8. The Labute approximate surface area is 192 Å². The third-order valence-electron chi connectivity index (χ3n) is 6.40. The molecule has 5 N–H and O–H groups in total. The number of benzene rings is 1. The van der Waals surface area contributed by atoms with E-state index < -0.39 is 6.10 Å². The minimum atomic E-state index is -0.655. The SMILES string of the molecule is CCN(CC)CC(O)CNC(=O)c1c(C)[nH]c2c1CCC=C2c1c(O)[nH]c2ccc(F)cc12. The number of hydrogen-bond donors (Lipinski definition) is 5. The second-order valence-corrected chi connectivity index (χ2v) is 8.52. The highest BCUT2D eigenvalue weighted by molar-refractivity contribution is 6.03. The van der Waals surface area contributed by atoms with E-state index in [1.165, 1.54) is 12.1 Å². The lowest BCUT2D eigenvalue weighted by Gasteiger charge is -2.22. The predicted molar refractivity (Wildman–Crippen MR) is 127 cm³/mol. The zero-order valence-corrected chi connectivity index (χ0v) is 19.3. The Morgan fingerprint density at radius 2 is 2.03 bits per heavy atom. The second-order valence-electron chi connectivity index (χ2n) is 8.52. The number of likely N-dealkylation sites (N-methyl/N-ethyl adjacent to an activating group) is 1. The van der Waals surface area contributed by atoms with Gasteiger partial charge in [0.05, 0.1) is 22.9 Å². The Morgan fingerprint density at radius 3 is 2.76 bits per heavy atom. The number of amides is 1. The summed E-state index contributed by atoms with van der Waals surface area (Å²) < 4.78 is 13.9. The van der Waals surface area contributed by atoms with Crippen molar-refractivity contribution >= 4 is 22.4 Å². The topological polar surface area (TPSA) is 104 Å². The van der Waals surface area contributed by atoms with Gasteiger partial charge >= 0.3 is 0 Å². The molecule has 3 aromatic rings. The van der Waals surface area contributed by atoms with Crippen LogP contribution in [0.25, 0.3) is 16.5 Å². The maximum Gasteiger partial charge on any atom is 0.253 e. The number of nitrogens with one attached hydrogen (secondary N) is 3.